The van der Waals surface area contributed by atoms with Crippen molar-refractivity contribution in [2.75, 3.05) is 33.1 Å². The van der Waals surface area contributed by atoms with Gasteiger partial charge in [0.25, 0.3) is 0 Å². The van der Waals surface area contributed by atoms with Crippen molar-refractivity contribution in [2.24, 2.45) is 0 Å². The van der Waals surface area contributed by atoms with E-state index < -0.39 is 8.07 Å². The highest BCUT2D eigenvalue weighted by Gasteiger charge is 2.40. The summed E-state index contributed by atoms with van der Waals surface area (Å²) in [5.74, 6) is 1.10. The molecule has 0 N–H and O–H groups in total. The third-order valence-corrected chi connectivity index (χ3v) is 14.5. The van der Waals surface area contributed by atoms with Crippen molar-refractivity contribution in [3.8, 4) is 0 Å². The van der Waals surface area contributed by atoms with Crippen molar-refractivity contribution in [3.05, 3.63) is 148 Å². The maximum Gasteiger partial charge on any atom is 0.199 e. The van der Waals surface area contributed by atoms with E-state index in [1.54, 1.807) is 0 Å². The third-order valence-electron chi connectivity index (χ3n) is 11.0. The lowest BCUT2D eigenvalue weighted by Gasteiger charge is -2.38. The summed E-state index contributed by atoms with van der Waals surface area (Å²) in [5, 5.41) is 11.4. The predicted octanol–water partition coefficient (Wildman–Crippen LogP) is 11.1. The SMILES string of the molecule is CC(C)c1ccc(C2=C3C=CC(=[N+](C)C)C=C3[Si](C)(C)c3cc(N(C)C)ccc32)cc1.CC(C)c1ccc2ccc3cccc4ccc1c2c34. The van der Waals surface area contributed by atoms with Gasteiger partial charge in [0, 0.05) is 31.9 Å². The zero-order valence-electron chi connectivity index (χ0n) is 31.5. The van der Waals surface area contributed by atoms with Crippen molar-refractivity contribution in [1.82, 2.24) is 0 Å². The van der Waals surface area contributed by atoms with E-state index in [0.717, 1.165) is 0 Å². The highest BCUT2D eigenvalue weighted by Crippen LogP contribution is 2.42. The first-order valence-corrected chi connectivity index (χ1v) is 21.1. The van der Waals surface area contributed by atoms with Crippen LogP contribution in [0.2, 0.25) is 13.1 Å². The molecule has 1 aliphatic carbocycles. The first-order chi connectivity index (χ1) is 23.9. The van der Waals surface area contributed by atoms with E-state index in [9.17, 15) is 0 Å². The lowest BCUT2D eigenvalue weighted by molar-refractivity contribution is -0.462. The van der Waals surface area contributed by atoms with E-state index >= 15 is 0 Å². The fourth-order valence-corrected chi connectivity index (χ4v) is 11.1. The largest absolute Gasteiger partial charge is 0.378 e. The maximum atomic E-state index is 2.50. The molecule has 3 heteroatoms. The Hall–Kier alpha value is -4.73. The predicted molar refractivity (Wildman–Crippen MR) is 223 cm³/mol. The molecule has 1 aliphatic heterocycles. The molecule has 0 aromatic heterocycles. The molecule has 8 rings (SSSR count). The lowest BCUT2D eigenvalue weighted by Crippen LogP contribution is -2.49. The van der Waals surface area contributed by atoms with Crippen molar-refractivity contribution in [1.29, 1.82) is 0 Å². The highest BCUT2D eigenvalue weighted by atomic mass is 28.3. The average molecular weight is 672 g/mol. The van der Waals surface area contributed by atoms with Gasteiger partial charge < -0.3 is 4.90 Å². The molecule has 0 saturated carbocycles. The van der Waals surface area contributed by atoms with Crippen molar-refractivity contribution >= 4 is 62.6 Å². The summed E-state index contributed by atoms with van der Waals surface area (Å²) in [7, 11) is 6.66. The number of fused-ring (bicyclic) bond motifs is 2. The molecule has 0 radical (unpaired) electrons. The summed E-state index contributed by atoms with van der Waals surface area (Å²) in [6.07, 6.45) is 7.06. The highest BCUT2D eigenvalue weighted by molar-refractivity contribution is 6.98. The number of benzene rings is 6. The molecule has 50 heavy (non-hydrogen) atoms. The minimum atomic E-state index is -1.86. The number of hydrogen-bond acceptors (Lipinski definition) is 1. The van der Waals surface area contributed by atoms with Gasteiger partial charge in [0.1, 0.15) is 22.2 Å². The molecule has 0 spiro atoms. The van der Waals surface area contributed by atoms with Crippen LogP contribution in [0.1, 0.15) is 61.8 Å². The number of nitrogens with zero attached hydrogens (tertiary/aromatic N) is 2. The molecular weight excluding hydrogens is 621 g/mol. The van der Waals surface area contributed by atoms with E-state index in [1.807, 2.05) is 0 Å². The molecule has 6 aromatic carbocycles. The van der Waals surface area contributed by atoms with Gasteiger partial charge in [0.2, 0.25) is 0 Å². The normalized spacial score (nSPS) is 15.0. The Kier molecular flexibility index (Phi) is 8.68. The van der Waals surface area contributed by atoms with Gasteiger partial charge >= 0.3 is 0 Å². The number of hydrogen-bond donors (Lipinski definition) is 0. The van der Waals surface area contributed by atoms with Crippen molar-refractivity contribution < 1.29 is 4.58 Å². The Labute approximate surface area is 300 Å². The lowest BCUT2D eigenvalue weighted by atomic mass is 9.88. The van der Waals surface area contributed by atoms with Crippen LogP contribution in [0.4, 0.5) is 5.69 Å². The van der Waals surface area contributed by atoms with Crippen LogP contribution < -0.4 is 10.1 Å². The van der Waals surface area contributed by atoms with E-state index in [-0.39, 0.29) is 0 Å². The molecule has 2 aliphatic rings. The molecule has 0 unspecified atom stereocenters. The van der Waals surface area contributed by atoms with Gasteiger partial charge in [-0.25, -0.2) is 4.58 Å². The summed E-state index contributed by atoms with van der Waals surface area (Å²) < 4.78 is 2.22. The van der Waals surface area contributed by atoms with Crippen molar-refractivity contribution in [2.45, 2.75) is 52.6 Å². The van der Waals surface area contributed by atoms with Gasteiger partial charge in [-0.15, -0.1) is 0 Å². The molecule has 0 fully saturated rings. The van der Waals surface area contributed by atoms with Crippen LogP contribution in [0.25, 0.3) is 37.9 Å². The molecule has 0 atom stereocenters. The number of anilines is 1. The van der Waals surface area contributed by atoms with Crippen molar-refractivity contribution in [3.63, 3.8) is 0 Å². The van der Waals surface area contributed by atoms with Crippen LogP contribution in [-0.4, -0.2) is 46.6 Å². The monoisotopic (exact) mass is 671 g/mol. The minimum absolute atomic E-state index is 0.543. The topological polar surface area (TPSA) is 6.25 Å². The van der Waals surface area contributed by atoms with Gasteiger partial charge in [0.15, 0.2) is 5.71 Å². The summed E-state index contributed by atoms with van der Waals surface area (Å²) in [5.41, 5.74) is 10.9. The van der Waals surface area contributed by atoms with Gasteiger partial charge in [-0.1, -0.05) is 126 Å². The van der Waals surface area contributed by atoms with E-state index in [2.05, 4.69) is 194 Å². The Bertz CT molecular complexity index is 2360. The minimum Gasteiger partial charge on any atom is -0.378 e. The quantitative estimate of drug-likeness (QED) is 0.103. The molecule has 6 aromatic rings. The van der Waals surface area contributed by atoms with Crippen LogP contribution in [0.3, 0.4) is 0 Å². The van der Waals surface area contributed by atoms with Gasteiger partial charge in [-0.05, 0) is 106 Å². The summed E-state index contributed by atoms with van der Waals surface area (Å²) in [6.45, 7) is 14.1. The Morgan fingerprint density at radius 3 is 1.92 bits per heavy atom. The zero-order valence-corrected chi connectivity index (χ0v) is 32.5. The maximum absolute atomic E-state index is 2.50. The Balaban J connectivity index is 0.000000175. The third kappa shape index (κ3) is 5.72. The number of allylic oxidation sites excluding steroid dienone is 5. The molecule has 2 nitrogen and oxygen atoms in total. The van der Waals surface area contributed by atoms with E-state index in [1.165, 1.54) is 87.5 Å². The molecular formula is C47H51N2Si+. The second-order valence-corrected chi connectivity index (χ2v) is 20.0. The average Bonchev–Trinajstić information content (AvgIpc) is 3.10. The van der Waals surface area contributed by atoms with Crippen LogP contribution >= 0.6 is 0 Å². The molecule has 0 amide bonds. The van der Waals surface area contributed by atoms with Crippen LogP contribution in [0.15, 0.2) is 126 Å². The van der Waals surface area contributed by atoms with E-state index in [4.69, 9.17) is 0 Å². The van der Waals surface area contributed by atoms with Crippen LogP contribution in [0.5, 0.6) is 0 Å². The van der Waals surface area contributed by atoms with Gasteiger partial charge in [0.05, 0.1) is 0 Å². The van der Waals surface area contributed by atoms with Crippen LogP contribution in [0, 0.1) is 0 Å². The van der Waals surface area contributed by atoms with Gasteiger partial charge in [-0.3, -0.25) is 0 Å². The first-order valence-electron chi connectivity index (χ1n) is 18.1. The Morgan fingerprint density at radius 2 is 1.30 bits per heavy atom. The standard InChI is InChI=1S/C28H35N2Si.C19H16/c1-19(2)20-9-11-21(12-10-20)28-24-15-13-22(29(3)4)17-26(24)31(7,8)27-18-23(30(5)6)14-16-25(27)28;1-12(2)16-10-8-15-7-6-13-4-3-5-14-9-11-17(16)19(15)18(13)14/h9-19H,1-8H3;3-12H,1-2H3/q+1;. The second-order valence-electron chi connectivity index (χ2n) is 15.7. The van der Waals surface area contributed by atoms with E-state index in [0.29, 0.717) is 11.8 Å². The molecule has 0 saturated heterocycles. The molecule has 0 bridgehead atoms. The fourth-order valence-electron chi connectivity index (χ4n) is 7.99. The van der Waals surface area contributed by atoms with Crippen LogP contribution in [-0.2, 0) is 0 Å². The summed E-state index contributed by atoms with van der Waals surface area (Å²) in [6, 6.07) is 36.4. The molecule has 252 valence electrons. The smallest absolute Gasteiger partial charge is 0.199 e. The second kappa shape index (κ2) is 12.9. The zero-order chi connectivity index (χ0) is 35.5. The Morgan fingerprint density at radius 1 is 0.660 bits per heavy atom. The van der Waals surface area contributed by atoms with Gasteiger partial charge in [-0.2, -0.15) is 0 Å². The first kappa shape index (κ1) is 33.7. The number of rotatable bonds is 4. The molecule has 1 heterocycles. The fraction of sp³-hybridized carbons (Fsp3) is 0.255. The summed E-state index contributed by atoms with van der Waals surface area (Å²) >= 11 is 0. The summed E-state index contributed by atoms with van der Waals surface area (Å²) in [4.78, 5) is 2.22.